The normalized spacial score (nSPS) is 12.5. The second-order valence-corrected chi connectivity index (χ2v) is 4.85. The number of hydrogen-bond donors (Lipinski definition) is 0. The summed E-state index contributed by atoms with van der Waals surface area (Å²) in [7, 11) is 1.40. The van der Waals surface area contributed by atoms with Gasteiger partial charge in [-0.05, 0) is 32.4 Å². The summed E-state index contributed by atoms with van der Waals surface area (Å²) in [4.78, 5) is 13.7. The summed E-state index contributed by atoms with van der Waals surface area (Å²) in [5.41, 5.74) is 0.731. The lowest BCUT2D eigenvalue weighted by Gasteiger charge is -2.26. The van der Waals surface area contributed by atoms with Crippen LogP contribution in [0.1, 0.15) is 19.4 Å². The number of carbonyl (C=O) groups excluding carboxylic acids is 1. The van der Waals surface area contributed by atoms with Crippen LogP contribution in [-0.2, 0) is 14.3 Å². The van der Waals surface area contributed by atoms with Crippen molar-refractivity contribution in [2.24, 2.45) is 0 Å². The van der Waals surface area contributed by atoms with Crippen molar-refractivity contribution in [3.05, 3.63) is 29.8 Å². The minimum Gasteiger partial charge on any atom is -0.358 e. The largest absolute Gasteiger partial charge is 0.358 e. The van der Waals surface area contributed by atoms with Gasteiger partial charge in [-0.15, -0.1) is 0 Å². The number of para-hydroxylation sites is 1. The predicted molar refractivity (Wildman–Crippen MR) is 76.4 cm³/mol. The zero-order valence-corrected chi connectivity index (χ0v) is 12.5. The van der Waals surface area contributed by atoms with E-state index < -0.39 is 5.56 Å². The summed E-state index contributed by atoms with van der Waals surface area (Å²) in [6, 6.07) is 7.57. The monoisotopic (exact) mass is 285 g/mol. The van der Waals surface area contributed by atoms with Gasteiger partial charge in [-0.25, -0.2) is 0 Å². The first-order valence-corrected chi connectivity index (χ1v) is 6.56. The molecular weight excluding hydrogens is 266 g/mol. The summed E-state index contributed by atoms with van der Waals surface area (Å²) < 4.78 is 10.4. The first-order valence-electron chi connectivity index (χ1n) is 6.12. The second kappa shape index (κ2) is 7.48. The summed E-state index contributed by atoms with van der Waals surface area (Å²) in [5, 5.41) is 0. The van der Waals surface area contributed by atoms with Crippen LogP contribution in [-0.4, -0.2) is 31.4 Å². The van der Waals surface area contributed by atoms with Crippen LogP contribution < -0.4 is 4.90 Å². The highest BCUT2D eigenvalue weighted by Crippen LogP contribution is 2.21. The molecule has 0 aromatic heterocycles. The lowest BCUT2D eigenvalue weighted by Crippen LogP contribution is -2.40. The summed E-state index contributed by atoms with van der Waals surface area (Å²) >= 11 is 5.86. The van der Waals surface area contributed by atoms with Gasteiger partial charge >= 0.3 is 0 Å². The average Bonchev–Trinajstić information content (AvgIpc) is 2.39. The molecule has 1 aromatic carbocycles. The fourth-order valence-electron chi connectivity index (χ4n) is 1.57. The number of carbonyl (C=O) groups is 1. The van der Waals surface area contributed by atoms with Crippen molar-refractivity contribution < 1.29 is 14.3 Å². The maximum absolute atomic E-state index is 12.2. The van der Waals surface area contributed by atoms with Crippen molar-refractivity contribution in [3.8, 4) is 0 Å². The zero-order chi connectivity index (χ0) is 14.4. The van der Waals surface area contributed by atoms with E-state index in [1.54, 1.807) is 0 Å². The van der Waals surface area contributed by atoms with Crippen molar-refractivity contribution >= 4 is 23.2 Å². The number of anilines is 1. The van der Waals surface area contributed by atoms with Gasteiger partial charge in [0, 0.05) is 12.8 Å². The molecule has 1 amide bonds. The van der Waals surface area contributed by atoms with Gasteiger partial charge in [0.15, 0.2) is 0 Å². The molecule has 0 radical (unpaired) electrons. The lowest BCUT2D eigenvalue weighted by atomic mass is 10.2. The Kier molecular flexibility index (Phi) is 6.28. The Balaban J connectivity index is 2.98. The number of hydrogen-bond acceptors (Lipinski definition) is 3. The number of amides is 1. The number of rotatable bonds is 6. The average molecular weight is 286 g/mol. The molecule has 5 heteroatoms. The molecule has 0 aliphatic rings. The van der Waals surface area contributed by atoms with Crippen LogP contribution in [0.15, 0.2) is 24.3 Å². The van der Waals surface area contributed by atoms with E-state index in [0.717, 1.165) is 11.3 Å². The Labute approximate surface area is 119 Å². The Bertz CT molecular complexity index is 423. The van der Waals surface area contributed by atoms with Gasteiger partial charge in [0.05, 0.1) is 6.10 Å². The third-order valence-corrected chi connectivity index (χ3v) is 2.98. The number of nitrogens with zero attached hydrogens (tertiary/aromatic N) is 1. The van der Waals surface area contributed by atoms with Gasteiger partial charge < -0.3 is 9.47 Å². The van der Waals surface area contributed by atoms with Crippen molar-refractivity contribution in [2.45, 2.75) is 32.4 Å². The van der Waals surface area contributed by atoms with Gasteiger partial charge in [-0.3, -0.25) is 9.69 Å². The van der Waals surface area contributed by atoms with E-state index in [-0.39, 0.29) is 18.7 Å². The van der Waals surface area contributed by atoms with Gasteiger partial charge in [0.1, 0.15) is 6.73 Å². The maximum atomic E-state index is 12.2. The van der Waals surface area contributed by atoms with Crippen molar-refractivity contribution in [3.63, 3.8) is 0 Å². The minimum absolute atomic E-state index is 0.0237. The highest BCUT2D eigenvalue weighted by molar-refractivity contribution is 6.31. The van der Waals surface area contributed by atoms with E-state index in [1.807, 2.05) is 45.0 Å². The Morgan fingerprint density at radius 3 is 2.53 bits per heavy atom. The second-order valence-electron chi connectivity index (χ2n) is 4.45. The Morgan fingerprint density at radius 1 is 1.37 bits per heavy atom. The molecular formula is C14H20ClNO3. The van der Waals surface area contributed by atoms with Crippen LogP contribution in [0.5, 0.6) is 0 Å². The van der Waals surface area contributed by atoms with E-state index in [0.29, 0.717) is 0 Å². The molecule has 0 saturated heterocycles. The van der Waals surface area contributed by atoms with Crippen LogP contribution in [0.2, 0.25) is 0 Å². The molecule has 0 saturated carbocycles. The molecule has 1 atom stereocenters. The molecule has 1 unspecified atom stereocenters. The standard InChI is InChI=1S/C14H20ClNO3/c1-10(2)19-9-16(14(17)13(15)18-4)12-8-6-5-7-11(12)3/h5-8,10,13H,9H2,1-4H3. The third kappa shape index (κ3) is 4.49. The number of alkyl halides is 1. The molecule has 0 spiro atoms. The van der Waals surface area contributed by atoms with Gasteiger partial charge in [-0.1, -0.05) is 29.8 Å². The quantitative estimate of drug-likeness (QED) is 0.596. The third-order valence-electron chi connectivity index (χ3n) is 2.61. The van der Waals surface area contributed by atoms with Crippen LogP contribution in [0, 0.1) is 6.92 Å². The van der Waals surface area contributed by atoms with Crippen LogP contribution in [0.3, 0.4) is 0 Å². The Hall–Kier alpha value is -1.10. The molecule has 0 fully saturated rings. The first kappa shape index (κ1) is 16.0. The molecule has 4 nitrogen and oxygen atoms in total. The molecule has 1 aromatic rings. The zero-order valence-electron chi connectivity index (χ0n) is 11.7. The van der Waals surface area contributed by atoms with Gasteiger partial charge in [-0.2, -0.15) is 0 Å². The number of halogens is 1. The summed E-state index contributed by atoms with van der Waals surface area (Å²) in [6.07, 6.45) is 0.0237. The van der Waals surface area contributed by atoms with E-state index in [1.165, 1.54) is 12.0 Å². The fraction of sp³-hybridized carbons (Fsp3) is 0.500. The van der Waals surface area contributed by atoms with E-state index in [4.69, 9.17) is 21.1 Å². The predicted octanol–water partition coefficient (Wildman–Crippen LogP) is 2.92. The van der Waals surface area contributed by atoms with E-state index >= 15 is 0 Å². The highest BCUT2D eigenvalue weighted by Gasteiger charge is 2.24. The SMILES string of the molecule is COC(Cl)C(=O)N(COC(C)C)c1ccccc1C. The van der Waals surface area contributed by atoms with Gasteiger partial charge in [0.2, 0.25) is 5.56 Å². The highest BCUT2D eigenvalue weighted by atomic mass is 35.5. The summed E-state index contributed by atoms with van der Waals surface area (Å²) in [6.45, 7) is 5.90. The fourth-order valence-corrected chi connectivity index (χ4v) is 1.68. The van der Waals surface area contributed by atoms with E-state index in [2.05, 4.69) is 0 Å². The molecule has 0 bridgehead atoms. The lowest BCUT2D eigenvalue weighted by molar-refractivity contribution is -0.125. The topological polar surface area (TPSA) is 38.8 Å². The molecule has 0 N–H and O–H groups in total. The number of ether oxygens (including phenoxy) is 2. The number of aryl methyl sites for hydroxylation is 1. The van der Waals surface area contributed by atoms with Crippen LogP contribution in [0.4, 0.5) is 5.69 Å². The molecule has 19 heavy (non-hydrogen) atoms. The molecule has 1 rings (SSSR count). The van der Waals surface area contributed by atoms with Crippen LogP contribution >= 0.6 is 11.6 Å². The summed E-state index contributed by atoms with van der Waals surface area (Å²) in [5.74, 6) is -0.334. The molecule has 0 heterocycles. The smallest absolute Gasteiger partial charge is 0.273 e. The Morgan fingerprint density at radius 2 is 2.00 bits per heavy atom. The molecule has 0 aliphatic carbocycles. The number of methoxy groups -OCH3 is 1. The van der Waals surface area contributed by atoms with Crippen molar-refractivity contribution in [1.82, 2.24) is 0 Å². The van der Waals surface area contributed by atoms with Crippen molar-refractivity contribution in [1.29, 1.82) is 0 Å². The maximum Gasteiger partial charge on any atom is 0.273 e. The van der Waals surface area contributed by atoms with E-state index in [9.17, 15) is 4.79 Å². The molecule has 106 valence electrons. The minimum atomic E-state index is -1.02. The number of benzene rings is 1. The first-order chi connectivity index (χ1) is 8.97. The van der Waals surface area contributed by atoms with Crippen molar-refractivity contribution in [2.75, 3.05) is 18.7 Å². The van der Waals surface area contributed by atoms with Crippen LogP contribution in [0.25, 0.3) is 0 Å². The van der Waals surface area contributed by atoms with Gasteiger partial charge in [0.25, 0.3) is 5.91 Å². The molecule has 0 aliphatic heterocycles.